The first kappa shape index (κ1) is 11.9. The molecule has 1 heterocycles. The molecule has 2 heteroatoms. The van der Waals surface area contributed by atoms with E-state index in [0.29, 0.717) is 6.61 Å². The van der Waals surface area contributed by atoms with Gasteiger partial charge in [-0.3, -0.25) is 0 Å². The molecule has 0 aliphatic carbocycles. The van der Waals surface area contributed by atoms with Gasteiger partial charge in [-0.15, -0.1) is 0 Å². The van der Waals surface area contributed by atoms with Crippen LogP contribution >= 0.6 is 0 Å². The minimum absolute atomic E-state index is 0.676. The summed E-state index contributed by atoms with van der Waals surface area (Å²) >= 11 is 0. The van der Waals surface area contributed by atoms with E-state index >= 15 is 0 Å². The molecule has 17 heavy (non-hydrogen) atoms. The number of methoxy groups -OCH3 is 1. The quantitative estimate of drug-likeness (QED) is 0.829. The maximum Gasteiger partial charge on any atom is 0.0713 e. The van der Waals surface area contributed by atoms with Crippen molar-refractivity contribution >= 4 is 0 Å². The maximum absolute atomic E-state index is 5.23. The third-order valence-corrected chi connectivity index (χ3v) is 2.83. The average molecular weight is 229 g/mol. The first-order valence-electron chi connectivity index (χ1n) is 6.08. The summed E-state index contributed by atoms with van der Waals surface area (Å²) in [6.07, 6.45) is 6.28. The molecule has 0 aliphatic heterocycles. The van der Waals surface area contributed by atoms with Gasteiger partial charge >= 0.3 is 0 Å². The van der Waals surface area contributed by atoms with E-state index in [4.69, 9.17) is 4.74 Å². The van der Waals surface area contributed by atoms with Crippen molar-refractivity contribution in [3.8, 4) is 11.1 Å². The number of H-pyrrole nitrogens is 1. The molecule has 2 aromatic rings. The van der Waals surface area contributed by atoms with E-state index in [9.17, 15) is 0 Å². The van der Waals surface area contributed by atoms with E-state index < -0.39 is 0 Å². The van der Waals surface area contributed by atoms with Gasteiger partial charge in [-0.1, -0.05) is 25.5 Å². The van der Waals surface area contributed by atoms with Crippen LogP contribution in [0.4, 0.5) is 0 Å². The van der Waals surface area contributed by atoms with Crippen LogP contribution in [0.1, 0.15) is 24.5 Å². The topological polar surface area (TPSA) is 25.0 Å². The molecule has 0 aliphatic rings. The number of benzene rings is 1. The third-order valence-electron chi connectivity index (χ3n) is 2.83. The summed E-state index contributed by atoms with van der Waals surface area (Å²) in [5.74, 6) is 0. The molecule has 0 bridgehead atoms. The molecule has 0 spiro atoms. The highest BCUT2D eigenvalue weighted by Gasteiger charge is 2.03. The highest BCUT2D eigenvalue weighted by atomic mass is 16.5. The van der Waals surface area contributed by atoms with Crippen LogP contribution in [0.5, 0.6) is 0 Å². The molecule has 0 fully saturated rings. The molecule has 0 radical (unpaired) electrons. The van der Waals surface area contributed by atoms with E-state index in [0.717, 1.165) is 6.42 Å². The second kappa shape index (κ2) is 5.69. The van der Waals surface area contributed by atoms with Crippen molar-refractivity contribution in [1.82, 2.24) is 4.98 Å². The maximum atomic E-state index is 5.23. The van der Waals surface area contributed by atoms with Gasteiger partial charge in [0.1, 0.15) is 0 Å². The van der Waals surface area contributed by atoms with Gasteiger partial charge in [-0.2, -0.15) is 0 Å². The summed E-state index contributed by atoms with van der Waals surface area (Å²) in [7, 11) is 1.74. The Labute approximate surface area is 103 Å². The van der Waals surface area contributed by atoms with E-state index in [-0.39, 0.29) is 0 Å². The molecule has 0 saturated carbocycles. The molecule has 2 nitrogen and oxygen atoms in total. The monoisotopic (exact) mass is 229 g/mol. The van der Waals surface area contributed by atoms with Crippen molar-refractivity contribution < 1.29 is 4.74 Å². The van der Waals surface area contributed by atoms with E-state index in [1.54, 1.807) is 7.11 Å². The fourth-order valence-corrected chi connectivity index (χ4v) is 2.12. The van der Waals surface area contributed by atoms with Crippen molar-refractivity contribution in [2.75, 3.05) is 7.11 Å². The molecule has 0 saturated heterocycles. The summed E-state index contributed by atoms with van der Waals surface area (Å²) in [6.45, 7) is 2.88. The Kier molecular flexibility index (Phi) is 3.99. The summed E-state index contributed by atoms with van der Waals surface area (Å²) in [5.41, 5.74) is 5.14. The molecule has 0 atom stereocenters. The molecule has 0 amide bonds. The van der Waals surface area contributed by atoms with Crippen molar-refractivity contribution in [2.24, 2.45) is 0 Å². The SMILES string of the molecule is CCCc1cc(COC)cc(-c2cc[nH]c2)c1. The number of aromatic nitrogens is 1. The Morgan fingerprint density at radius 1 is 1.12 bits per heavy atom. The minimum Gasteiger partial charge on any atom is -0.380 e. The first-order valence-corrected chi connectivity index (χ1v) is 6.08. The van der Waals surface area contributed by atoms with Crippen LogP contribution in [0.2, 0.25) is 0 Å². The third kappa shape index (κ3) is 2.98. The lowest BCUT2D eigenvalue weighted by molar-refractivity contribution is 0.185. The van der Waals surface area contributed by atoms with Crippen LogP contribution in [-0.4, -0.2) is 12.1 Å². The zero-order chi connectivity index (χ0) is 12.1. The zero-order valence-corrected chi connectivity index (χ0v) is 10.5. The molecular formula is C15H19NO. The van der Waals surface area contributed by atoms with Crippen LogP contribution in [0.3, 0.4) is 0 Å². The summed E-state index contributed by atoms with van der Waals surface area (Å²) in [4.78, 5) is 3.10. The smallest absolute Gasteiger partial charge is 0.0713 e. The van der Waals surface area contributed by atoms with Crippen LogP contribution in [0.25, 0.3) is 11.1 Å². The van der Waals surface area contributed by atoms with Gasteiger partial charge in [0.05, 0.1) is 6.61 Å². The van der Waals surface area contributed by atoms with Crippen LogP contribution in [0, 0.1) is 0 Å². The van der Waals surface area contributed by atoms with Crippen LogP contribution < -0.4 is 0 Å². The van der Waals surface area contributed by atoms with Crippen molar-refractivity contribution in [2.45, 2.75) is 26.4 Å². The Bertz CT molecular complexity index is 436. The second-order valence-electron chi connectivity index (χ2n) is 4.32. The van der Waals surface area contributed by atoms with Gasteiger partial charge in [0.25, 0.3) is 0 Å². The molecule has 0 unspecified atom stereocenters. The van der Waals surface area contributed by atoms with Crippen molar-refractivity contribution in [1.29, 1.82) is 0 Å². The van der Waals surface area contributed by atoms with Crippen LogP contribution in [-0.2, 0) is 17.8 Å². The van der Waals surface area contributed by atoms with E-state index in [1.165, 1.54) is 28.7 Å². The van der Waals surface area contributed by atoms with Gasteiger partial charge in [0.15, 0.2) is 0 Å². The van der Waals surface area contributed by atoms with Gasteiger partial charge in [0.2, 0.25) is 0 Å². The van der Waals surface area contributed by atoms with Gasteiger partial charge in [-0.05, 0) is 40.8 Å². The molecular weight excluding hydrogens is 210 g/mol. The zero-order valence-electron chi connectivity index (χ0n) is 10.5. The number of ether oxygens (including phenoxy) is 1. The highest BCUT2D eigenvalue weighted by molar-refractivity contribution is 5.64. The number of nitrogens with one attached hydrogen (secondary N) is 1. The van der Waals surface area contributed by atoms with Gasteiger partial charge in [0, 0.05) is 19.5 Å². The number of hydrogen-bond donors (Lipinski definition) is 1. The first-order chi connectivity index (χ1) is 8.33. The lowest BCUT2D eigenvalue weighted by Gasteiger charge is -2.08. The Balaban J connectivity index is 2.37. The van der Waals surface area contributed by atoms with Crippen molar-refractivity contribution in [3.05, 3.63) is 47.8 Å². The predicted molar refractivity (Wildman–Crippen MR) is 70.9 cm³/mol. The van der Waals surface area contributed by atoms with Gasteiger partial charge in [-0.25, -0.2) is 0 Å². The number of aryl methyl sites for hydroxylation is 1. The summed E-state index contributed by atoms with van der Waals surface area (Å²) in [6, 6.07) is 8.81. The molecule has 1 aromatic heterocycles. The predicted octanol–water partition coefficient (Wildman–Crippen LogP) is 3.78. The number of rotatable bonds is 5. The number of aromatic amines is 1. The summed E-state index contributed by atoms with van der Waals surface area (Å²) < 4.78 is 5.23. The Hall–Kier alpha value is -1.54. The molecule has 2 rings (SSSR count). The number of hydrogen-bond acceptors (Lipinski definition) is 1. The molecule has 1 N–H and O–H groups in total. The lowest BCUT2D eigenvalue weighted by Crippen LogP contribution is -1.92. The van der Waals surface area contributed by atoms with Crippen LogP contribution in [0.15, 0.2) is 36.7 Å². The van der Waals surface area contributed by atoms with Crippen molar-refractivity contribution in [3.63, 3.8) is 0 Å². The molecule has 1 aromatic carbocycles. The van der Waals surface area contributed by atoms with E-state index in [2.05, 4.69) is 36.2 Å². The minimum atomic E-state index is 0.676. The summed E-state index contributed by atoms with van der Waals surface area (Å²) in [5, 5.41) is 0. The normalized spacial score (nSPS) is 10.7. The molecule has 90 valence electrons. The fraction of sp³-hybridized carbons (Fsp3) is 0.333. The Morgan fingerprint density at radius 3 is 2.59 bits per heavy atom. The van der Waals surface area contributed by atoms with Gasteiger partial charge < -0.3 is 9.72 Å². The highest BCUT2D eigenvalue weighted by Crippen LogP contribution is 2.23. The largest absolute Gasteiger partial charge is 0.380 e. The van der Waals surface area contributed by atoms with E-state index in [1.807, 2.05) is 12.4 Å². The average Bonchev–Trinajstić information content (AvgIpc) is 2.83. The Morgan fingerprint density at radius 2 is 1.94 bits per heavy atom. The fourth-order valence-electron chi connectivity index (χ4n) is 2.12. The standard InChI is InChI=1S/C15H19NO/c1-3-4-12-7-13(11-17-2)9-15(8-12)14-5-6-16-10-14/h5-10,16H,3-4,11H2,1-2H3. The lowest BCUT2D eigenvalue weighted by atomic mass is 9.99. The second-order valence-corrected chi connectivity index (χ2v) is 4.32.